The van der Waals surface area contributed by atoms with Gasteiger partial charge in [0.2, 0.25) is 15.9 Å². The molecule has 0 aliphatic heterocycles. The first-order chi connectivity index (χ1) is 8.38. The number of amides is 1. The van der Waals surface area contributed by atoms with Gasteiger partial charge in [0.15, 0.2) is 0 Å². The molecule has 0 radical (unpaired) electrons. The van der Waals surface area contributed by atoms with E-state index in [0.29, 0.717) is 6.54 Å². The van der Waals surface area contributed by atoms with Crippen molar-refractivity contribution in [2.45, 2.75) is 24.8 Å². The van der Waals surface area contributed by atoms with Gasteiger partial charge >= 0.3 is 0 Å². The van der Waals surface area contributed by atoms with Crippen LogP contribution in [0.4, 0.5) is 0 Å². The van der Waals surface area contributed by atoms with Crippen LogP contribution in [0.2, 0.25) is 0 Å². The van der Waals surface area contributed by atoms with Gasteiger partial charge in [-0.2, -0.15) is 4.72 Å². The zero-order chi connectivity index (χ0) is 13.8. The Hall–Kier alpha value is -1.60. The van der Waals surface area contributed by atoms with Gasteiger partial charge in [0.1, 0.15) is 10.6 Å². The highest BCUT2D eigenvalue weighted by Gasteiger charge is 2.23. The molecule has 0 heterocycles. The van der Waals surface area contributed by atoms with Crippen LogP contribution in [0.25, 0.3) is 0 Å². The number of hydrogen-bond donors (Lipinski definition) is 3. The Morgan fingerprint density at radius 1 is 1.39 bits per heavy atom. The number of rotatable bonds is 5. The van der Waals surface area contributed by atoms with Crippen molar-refractivity contribution >= 4 is 15.9 Å². The summed E-state index contributed by atoms with van der Waals surface area (Å²) >= 11 is 0. The van der Waals surface area contributed by atoms with Crippen LogP contribution in [-0.2, 0) is 14.8 Å². The van der Waals surface area contributed by atoms with Gasteiger partial charge in [0.25, 0.3) is 0 Å². The molecule has 0 bridgehead atoms. The molecule has 1 aromatic carbocycles. The molecule has 7 heteroatoms. The first-order valence-corrected chi connectivity index (χ1v) is 6.95. The third-order valence-corrected chi connectivity index (χ3v) is 3.82. The van der Waals surface area contributed by atoms with E-state index >= 15 is 0 Å². The zero-order valence-corrected chi connectivity index (χ0v) is 11.0. The highest BCUT2D eigenvalue weighted by molar-refractivity contribution is 7.89. The van der Waals surface area contributed by atoms with Gasteiger partial charge in [0, 0.05) is 6.54 Å². The van der Waals surface area contributed by atoms with E-state index in [1.807, 2.05) is 0 Å². The molecular formula is C11H16N2O4S. The summed E-state index contributed by atoms with van der Waals surface area (Å²) in [5, 5.41) is 12.0. The van der Waals surface area contributed by atoms with Gasteiger partial charge in [-0.15, -0.1) is 0 Å². The Morgan fingerprint density at radius 3 is 2.56 bits per heavy atom. The lowest BCUT2D eigenvalue weighted by atomic mass is 10.3. The number of aromatic hydroxyl groups is 1. The molecule has 100 valence electrons. The molecule has 6 nitrogen and oxygen atoms in total. The number of benzene rings is 1. The molecule has 1 atom stereocenters. The van der Waals surface area contributed by atoms with Crippen LogP contribution in [0, 0.1) is 0 Å². The van der Waals surface area contributed by atoms with E-state index in [0.717, 1.165) is 0 Å². The standard InChI is InChI=1S/C11H16N2O4S/c1-3-12-11(15)8(2)13-18(16,17)10-7-5-4-6-9(10)14/h4-8,13-14H,3H2,1-2H3,(H,12,15). The monoisotopic (exact) mass is 272 g/mol. The number of likely N-dealkylation sites (N-methyl/N-ethyl adjacent to an activating group) is 1. The van der Waals surface area contributed by atoms with Gasteiger partial charge in [-0.05, 0) is 26.0 Å². The molecule has 0 aromatic heterocycles. The predicted octanol–water partition coefficient (Wildman–Crippen LogP) is 0.195. The Kier molecular flexibility index (Phi) is 4.69. The molecule has 0 spiro atoms. The van der Waals surface area contributed by atoms with Gasteiger partial charge < -0.3 is 10.4 Å². The van der Waals surface area contributed by atoms with Gasteiger partial charge in [-0.1, -0.05) is 12.1 Å². The Bertz CT molecular complexity index is 528. The molecule has 0 aliphatic rings. The summed E-state index contributed by atoms with van der Waals surface area (Å²) in [7, 11) is -3.91. The second kappa shape index (κ2) is 5.83. The summed E-state index contributed by atoms with van der Waals surface area (Å²) in [6.07, 6.45) is 0. The van der Waals surface area contributed by atoms with E-state index in [9.17, 15) is 18.3 Å². The third kappa shape index (κ3) is 3.44. The van der Waals surface area contributed by atoms with Crippen molar-refractivity contribution in [2.24, 2.45) is 0 Å². The van der Waals surface area contributed by atoms with Crippen LogP contribution in [0.15, 0.2) is 29.2 Å². The van der Waals surface area contributed by atoms with Crippen LogP contribution in [0.5, 0.6) is 5.75 Å². The minimum absolute atomic E-state index is 0.249. The van der Waals surface area contributed by atoms with Crippen molar-refractivity contribution in [1.29, 1.82) is 0 Å². The van der Waals surface area contributed by atoms with Crippen molar-refractivity contribution in [1.82, 2.24) is 10.0 Å². The Morgan fingerprint density at radius 2 is 2.00 bits per heavy atom. The zero-order valence-electron chi connectivity index (χ0n) is 10.2. The molecule has 1 unspecified atom stereocenters. The summed E-state index contributed by atoms with van der Waals surface area (Å²) in [5.41, 5.74) is 0. The fourth-order valence-electron chi connectivity index (χ4n) is 1.36. The fraction of sp³-hybridized carbons (Fsp3) is 0.364. The van der Waals surface area contributed by atoms with E-state index in [4.69, 9.17) is 0 Å². The topological polar surface area (TPSA) is 95.5 Å². The average molecular weight is 272 g/mol. The van der Waals surface area contributed by atoms with Crippen molar-refractivity contribution in [3.8, 4) is 5.75 Å². The van der Waals surface area contributed by atoms with Crippen LogP contribution < -0.4 is 10.0 Å². The third-order valence-electron chi connectivity index (χ3n) is 2.23. The average Bonchev–Trinajstić information content (AvgIpc) is 2.29. The Labute approximate surface area is 106 Å². The number of para-hydroxylation sites is 1. The number of carbonyl (C=O) groups is 1. The van der Waals surface area contributed by atoms with Crippen LogP contribution >= 0.6 is 0 Å². The first-order valence-electron chi connectivity index (χ1n) is 5.46. The molecular weight excluding hydrogens is 256 g/mol. The number of nitrogens with one attached hydrogen (secondary N) is 2. The fourth-order valence-corrected chi connectivity index (χ4v) is 2.66. The van der Waals surface area contributed by atoms with E-state index < -0.39 is 22.0 Å². The van der Waals surface area contributed by atoms with Crippen molar-refractivity contribution in [3.05, 3.63) is 24.3 Å². The molecule has 3 N–H and O–H groups in total. The summed E-state index contributed by atoms with van der Waals surface area (Å²) in [6, 6.07) is 4.63. The predicted molar refractivity (Wildman–Crippen MR) is 66.6 cm³/mol. The normalized spacial score (nSPS) is 13.0. The van der Waals surface area contributed by atoms with Gasteiger partial charge in [-0.25, -0.2) is 8.42 Å². The maximum atomic E-state index is 11.9. The largest absolute Gasteiger partial charge is 0.507 e. The molecule has 18 heavy (non-hydrogen) atoms. The Balaban J connectivity index is 2.90. The highest BCUT2D eigenvalue weighted by Crippen LogP contribution is 2.21. The summed E-state index contributed by atoms with van der Waals surface area (Å²) in [5.74, 6) is -0.774. The van der Waals surface area contributed by atoms with E-state index in [1.165, 1.54) is 31.2 Å². The van der Waals surface area contributed by atoms with E-state index in [1.54, 1.807) is 6.92 Å². The summed E-state index contributed by atoms with van der Waals surface area (Å²) < 4.78 is 26.0. The lowest BCUT2D eigenvalue weighted by Crippen LogP contribution is -2.44. The smallest absolute Gasteiger partial charge is 0.244 e. The number of sulfonamides is 1. The lowest BCUT2D eigenvalue weighted by Gasteiger charge is -2.14. The van der Waals surface area contributed by atoms with Gasteiger partial charge in [-0.3, -0.25) is 4.79 Å². The minimum atomic E-state index is -3.91. The molecule has 1 amide bonds. The maximum absolute atomic E-state index is 11.9. The quantitative estimate of drug-likeness (QED) is 0.713. The molecule has 1 rings (SSSR count). The number of hydrogen-bond acceptors (Lipinski definition) is 4. The van der Waals surface area contributed by atoms with Gasteiger partial charge in [0.05, 0.1) is 6.04 Å². The molecule has 0 saturated heterocycles. The van der Waals surface area contributed by atoms with Crippen molar-refractivity contribution in [3.63, 3.8) is 0 Å². The summed E-state index contributed by atoms with van der Waals surface area (Å²) in [6.45, 7) is 3.59. The number of phenols is 1. The van der Waals surface area contributed by atoms with Crippen LogP contribution in [0.3, 0.4) is 0 Å². The second-order valence-corrected chi connectivity index (χ2v) is 5.39. The van der Waals surface area contributed by atoms with Crippen molar-refractivity contribution in [2.75, 3.05) is 6.54 Å². The highest BCUT2D eigenvalue weighted by atomic mass is 32.2. The molecule has 0 fully saturated rings. The van der Waals surface area contributed by atoms with E-state index in [2.05, 4.69) is 10.0 Å². The van der Waals surface area contributed by atoms with Crippen LogP contribution in [0.1, 0.15) is 13.8 Å². The maximum Gasteiger partial charge on any atom is 0.244 e. The minimum Gasteiger partial charge on any atom is -0.507 e. The van der Waals surface area contributed by atoms with E-state index in [-0.39, 0.29) is 10.6 Å². The summed E-state index contributed by atoms with van der Waals surface area (Å²) in [4.78, 5) is 11.2. The van der Waals surface area contributed by atoms with Crippen molar-refractivity contribution < 1.29 is 18.3 Å². The molecule has 1 aromatic rings. The SMILES string of the molecule is CCNC(=O)C(C)NS(=O)(=O)c1ccccc1O. The number of phenolic OH excluding ortho intramolecular Hbond substituents is 1. The number of carbonyl (C=O) groups excluding carboxylic acids is 1. The molecule has 0 saturated carbocycles. The first kappa shape index (κ1) is 14.5. The lowest BCUT2D eigenvalue weighted by molar-refractivity contribution is -0.122. The van der Waals surface area contributed by atoms with Crippen LogP contribution in [-0.4, -0.2) is 32.0 Å². The molecule has 0 aliphatic carbocycles. The second-order valence-electron chi connectivity index (χ2n) is 3.71.